The maximum atomic E-state index is 13.0. The molecule has 1 fully saturated rings. The third-order valence-electron chi connectivity index (χ3n) is 4.86. The number of hydrogen-bond donors (Lipinski definition) is 2. The monoisotopic (exact) mass is 352 g/mol. The average molecular weight is 352 g/mol. The normalized spacial score (nSPS) is 25.0. The highest BCUT2D eigenvalue weighted by Crippen LogP contribution is 2.30. The molecule has 0 spiro atoms. The Morgan fingerprint density at radius 3 is 2.83 bits per heavy atom. The van der Waals surface area contributed by atoms with Crippen molar-refractivity contribution in [3.05, 3.63) is 29.3 Å². The lowest BCUT2D eigenvalue weighted by Gasteiger charge is -2.36. The first-order chi connectivity index (χ1) is 11.3. The van der Waals surface area contributed by atoms with Gasteiger partial charge in [0.2, 0.25) is 10.0 Å². The number of aliphatic carboxylic acids is 1. The van der Waals surface area contributed by atoms with Crippen molar-refractivity contribution >= 4 is 21.9 Å². The number of benzene rings is 1. The second-order valence-electron chi connectivity index (χ2n) is 6.27. The van der Waals surface area contributed by atoms with Gasteiger partial charge in [0.15, 0.2) is 0 Å². The van der Waals surface area contributed by atoms with E-state index in [2.05, 4.69) is 5.32 Å². The summed E-state index contributed by atoms with van der Waals surface area (Å²) in [5, 5.41) is 12.0. The number of carbonyl (C=O) groups excluding carboxylic acids is 1. The molecule has 1 saturated heterocycles. The van der Waals surface area contributed by atoms with Crippen LogP contribution < -0.4 is 5.32 Å². The zero-order valence-electron chi connectivity index (χ0n) is 13.4. The Hall–Kier alpha value is -1.93. The van der Waals surface area contributed by atoms with Gasteiger partial charge < -0.3 is 10.4 Å². The molecular formula is C16H20N2O5S. The number of nitrogens with zero attached hydrogens (tertiary/aromatic N) is 1. The summed E-state index contributed by atoms with van der Waals surface area (Å²) in [5.41, 5.74) is 1.20. The Balaban J connectivity index is 1.97. The van der Waals surface area contributed by atoms with Crippen molar-refractivity contribution in [2.75, 3.05) is 13.1 Å². The molecule has 0 aliphatic carbocycles. The first-order valence-corrected chi connectivity index (χ1v) is 9.42. The largest absolute Gasteiger partial charge is 0.481 e. The number of fused-ring (bicyclic) bond motifs is 1. The van der Waals surface area contributed by atoms with E-state index >= 15 is 0 Å². The highest BCUT2D eigenvalue weighted by atomic mass is 32.2. The average Bonchev–Trinajstić information content (AvgIpc) is 2.54. The van der Waals surface area contributed by atoms with Crippen molar-refractivity contribution in [3.8, 4) is 0 Å². The maximum absolute atomic E-state index is 13.0. The Bertz CT molecular complexity index is 790. The predicted octanol–water partition coefficient (Wildman–Crippen LogP) is 0.846. The Labute approximate surface area is 140 Å². The summed E-state index contributed by atoms with van der Waals surface area (Å²) < 4.78 is 27.2. The van der Waals surface area contributed by atoms with E-state index in [0.29, 0.717) is 31.4 Å². The molecule has 2 aliphatic heterocycles. The van der Waals surface area contributed by atoms with Crippen LogP contribution >= 0.6 is 0 Å². The maximum Gasteiger partial charge on any atom is 0.308 e. The van der Waals surface area contributed by atoms with Crippen LogP contribution in [0.1, 0.15) is 35.7 Å². The lowest BCUT2D eigenvalue weighted by Crippen LogP contribution is -2.49. The van der Waals surface area contributed by atoms with Gasteiger partial charge in [0, 0.05) is 24.7 Å². The number of carboxylic acid groups (broad SMARTS) is 1. The first-order valence-electron chi connectivity index (χ1n) is 7.98. The number of carboxylic acids is 1. The van der Waals surface area contributed by atoms with Gasteiger partial charge in [-0.1, -0.05) is 6.07 Å². The third kappa shape index (κ3) is 2.80. The molecule has 2 N–H and O–H groups in total. The summed E-state index contributed by atoms with van der Waals surface area (Å²) in [4.78, 5) is 23.3. The summed E-state index contributed by atoms with van der Waals surface area (Å²) in [6.07, 6.45) is 1.64. The van der Waals surface area contributed by atoms with Gasteiger partial charge in [0.1, 0.15) is 0 Å². The number of hydrogen-bond acceptors (Lipinski definition) is 4. The third-order valence-corrected chi connectivity index (χ3v) is 6.84. The van der Waals surface area contributed by atoms with Crippen molar-refractivity contribution in [1.82, 2.24) is 9.62 Å². The number of rotatable bonds is 3. The van der Waals surface area contributed by atoms with E-state index in [9.17, 15) is 23.1 Å². The summed E-state index contributed by atoms with van der Waals surface area (Å²) in [6.45, 7) is 2.46. The molecule has 0 bridgehead atoms. The van der Waals surface area contributed by atoms with E-state index in [1.54, 1.807) is 13.0 Å². The SMILES string of the molecule is C[C@@H]1[C@H](C(=O)O)CCCN1S(=O)(=O)c1ccc2c(c1)C(=O)NCC2. The molecule has 0 unspecified atom stereocenters. The quantitative estimate of drug-likeness (QED) is 0.839. The van der Waals surface area contributed by atoms with Gasteiger partial charge in [0.25, 0.3) is 5.91 Å². The highest BCUT2D eigenvalue weighted by molar-refractivity contribution is 7.89. The molecule has 3 rings (SSSR count). The molecule has 0 radical (unpaired) electrons. The van der Waals surface area contributed by atoms with Crippen molar-refractivity contribution < 1.29 is 23.1 Å². The smallest absolute Gasteiger partial charge is 0.308 e. The Morgan fingerprint density at radius 1 is 1.38 bits per heavy atom. The zero-order valence-corrected chi connectivity index (χ0v) is 14.2. The molecule has 2 atom stereocenters. The van der Waals surface area contributed by atoms with Gasteiger partial charge in [-0.05, 0) is 43.9 Å². The Kier molecular flexibility index (Phi) is 4.35. The second kappa shape index (κ2) is 6.18. The molecule has 7 nitrogen and oxygen atoms in total. The highest BCUT2D eigenvalue weighted by Gasteiger charge is 2.39. The number of nitrogens with one attached hydrogen (secondary N) is 1. The van der Waals surface area contributed by atoms with E-state index in [-0.39, 0.29) is 17.3 Å². The molecule has 2 aliphatic rings. The van der Waals surface area contributed by atoms with Crippen LogP contribution in [0.5, 0.6) is 0 Å². The van der Waals surface area contributed by atoms with Gasteiger partial charge in [0.05, 0.1) is 10.8 Å². The van der Waals surface area contributed by atoms with Crippen molar-refractivity contribution in [2.45, 2.75) is 37.1 Å². The molecule has 130 valence electrons. The van der Waals surface area contributed by atoms with Crippen LogP contribution in [0.15, 0.2) is 23.1 Å². The van der Waals surface area contributed by atoms with Crippen LogP contribution in [-0.4, -0.2) is 48.8 Å². The standard InChI is InChI=1S/C16H20N2O5S/c1-10-13(16(20)21)3-2-8-18(10)24(22,23)12-5-4-11-6-7-17-15(19)14(11)9-12/h4-5,9-10,13H,2-3,6-8H2,1H3,(H,17,19)(H,20,21)/t10-,13-/m1/s1. The summed E-state index contributed by atoms with van der Waals surface area (Å²) in [7, 11) is -3.84. The molecule has 0 saturated carbocycles. The molecule has 1 aromatic rings. The first kappa shape index (κ1) is 16.9. The summed E-state index contributed by atoms with van der Waals surface area (Å²) >= 11 is 0. The van der Waals surface area contributed by atoms with Crippen molar-refractivity contribution in [3.63, 3.8) is 0 Å². The van der Waals surface area contributed by atoms with Gasteiger partial charge in [-0.3, -0.25) is 9.59 Å². The molecule has 1 amide bonds. The minimum absolute atomic E-state index is 0.0381. The Morgan fingerprint density at radius 2 is 2.12 bits per heavy atom. The van der Waals surface area contributed by atoms with Gasteiger partial charge in [-0.25, -0.2) is 8.42 Å². The van der Waals surface area contributed by atoms with Crippen LogP contribution in [0.4, 0.5) is 0 Å². The summed E-state index contributed by atoms with van der Waals surface area (Å²) in [5.74, 6) is -1.97. The fraction of sp³-hybridized carbons (Fsp3) is 0.500. The predicted molar refractivity (Wildman–Crippen MR) is 86.2 cm³/mol. The molecule has 24 heavy (non-hydrogen) atoms. The second-order valence-corrected chi connectivity index (χ2v) is 8.16. The van der Waals surface area contributed by atoms with E-state index in [4.69, 9.17) is 0 Å². The van der Waals surface area contributed by atoms with Crippen LogP contribution in [0, 0.1) is 5.92 Å². The molecule has 0 aromatic heterocycles. The molecule has 1 aromatic carbocycles. The number of carbonyl (C=O) groups is 2. The molecule has 2 heterocycles. The van der Waals surface area contributed by atoms with Crippen molar-refractivity contribution in [1.29, 1.82) is 0 Å². The summed E-state index contributed by atoms with van der Waals surface area (Å²) in [6, 6.07) is 3.95. The number of sulfonamides is 1. The van der Waals surface area contributed by atoms with Gasteiger partial charge in [-0.2, -0.15) is 4.31 Å². The zero-order chi connectivity index (χ0) is 17.5. The van der Waals surface area contributed by atoms with Gasteiger partial charge in [-0.15, -0.1) is 0 Å². The minimum Gasteiger partial charge on any atom is -0.481 e. The lowest BCUT2D eigenvalue weighted by molar-refractivity contribution is -0.144. The molecular weight excluding hydrogens is 332 g/mol. The molecule has 8 heteroatoms. The van der Waals surface area contributed by atoms with Crippen molar-refractivity contribution in [2.24, 2.45) is 5.92 Å². The lowest BCUT2D eigenvalue weighted by atomic mass is 9.92. The fourth-order valence-corrected chi connectivity index (χ4v) is 5.20. The number of amides is 1. The van der Waals surface area contributed by atoms with E-state index in [1.165, 1.54) is 16.4 Å². The van der Waals surface area contributed by atoms with E-state index < -0.39 is 28.0 Å². The topological polar surface area (TPSA) is 104 Å². The fourth-order valence-electron chi connectivity index (χ4n) is 3.47. The van der Waals surface area contributed by atoms with E-state index in [1.807, 2.05) is 0 Å². The van der Waals surface area contributed by atoms with Gasteiger partial charge >= 0.3 is 5.97 Å². The number of piperidine rings is 1. The van der Waals surface area contributed by atoms with Crippen LogP contribution in [0.25, 0.3) is 0 Å². The van der Waals surface area contributed by atoms with Crippen LogP contribution in [0.3, 0.4) is 0 Å². The van der Waals surface area contributed by atoms with Crippen LogP contribution in [-0.2, 0) is 21.2 Å². The minimum atomic E-state index is -3.84. The van der Waals surface area contributed by atoms with Crippen LogP contribution in [0.2, 0.25) is 0 Å². The van der Waals surface area contributed by atoms with E-state index in [0.717, 1.165) is 5.56 Å².